The summed E-state index contributed by atoms with van der Waals surface area (Å²) in [5, 5.41) is 0.378. The van der Waals surface area contributed by atoms with E-state index >= 15 is 0 Å². The Labute approximate surface area is 158 Å². The summed E-state index contributed by atoms with van der Waals surface area (Å²) in [6, 6.07) is 4.39. The quantitative estimate of drug-likeness (QED) is 0.188. The van der Waals surface area contributed by atoms with Gasteiger partial charge in [0.05, 0.1) is 0 Å². The van der Waals surface area contributed by atoms with Crippen molar-refractivity contribution in [3.05, 3.63) is 63.7 Å². The van der Waals surface area contributed by atoms with Gasteiger partial charge in [0.2, 0.25) is 34.8 Å². The fourth-order valence-electron chi connectivity index (χ4n) is 2.13. The molecule has 27 heavy (non-hydrogen) atoms. The third kappa shape index (κ3) is 3.40. The molecule has 0 aliphatic carbocycles. The predicted octanol–water partition coefficient (Wildman–Crippen LogP) is 5.00. The van der Waals surface area contributed by atoms with Gasteiger partial charge in [-0.15, -0.1) is 0 Å². The summed E-state index contributed by atoms with van der Waals surface area (Å²) in [6.45, 7) is 0. The maximum absolute atomic E-state index is 13.7. The first kappa shape index (κ1) is 19.6. The summed E-state index contributed by atoms with van der Waals surface area (Å²) in [5.41, 5.74) is 0. The molecule has 12 heteroatoms. The van der Waals surface area contributed by atoms with Crippen molar-refractivity contribution in [1.29, 1.82) is 0 Å². The Morgan fingerprint density at radius 3 is 2.00 bits per heavy atom. The zero-order valence-corrected chi connectivity index (χ0v) is 14.9. The lowest BCUT2D eigenvalue weighted by atomic mass is 10.2. The Hall–Kier alpha value is -2.17. The Kier molecular flexibility index (Phi) is 4.91. The standard InChI is InChI=1S/C15H4Cl2F5NO3S/c16-8-4-5-3-6(1-2-7(5)15(17)23-8)27(24,25)26-14-12(21)10(19)9(18)11(20)13(14)22/h1-4H. The predicted molar refractivity (Wildman–Crippen MR) is 85.8 cm³/mol. The summed E-state index contributed by atoms with van der Waals surface area (Å²) in [6.07, 6.45) is 0. The smallest absolute Gasteiger partial charge is 0.339 e. The topological polar surface area (TPSA) is 56.3 Å². The molecule has 3 aromatic rings. The van der Waals surface area contributed by atoms with E-state index < -0.39 is 49.8 Å². The van der Waals surface area contributed by atoms with E-state index in [1.54, 1.807) is 0 Å². The van der Waals surface area contributed by atoms with Gasteiger partial charge in [0.1, 0.15) is 15.2 Å². The number of benzene rings is 2. The van der Waals surface area contributed by atoms with E-state index in [2.05, 4.69) is 9.17 Å². The largest absolute Gasteiger partial charge is 0.372 e. The normalized spacial score (nSPS) is 11.8. The van der Waals surface area contributed by atoms with Crippen LogP contribution < -0.4 is 4.18 Å². The van der Waals surface area contributed by atoms with Gasteiger partial charge in [0.25, 0.3) is 0 Å². The molecule has 0 spiro atoms. The van der Waals surface area contributed by atoms with Gasteiger partial charge in [-0.1, -0.05) is 23.2 Å². The zero-order valence-electron chi connectivity index (χ0n) is 12.5. The molecule has 2 aromatic carbocycles. The SMILES string of the molecule is O=S(=O)(Oc1c(F)c(F)c(F)c(F)c1F)c1ccc2c(Cl)nc(Cl)cc2c1. The number of fused-ring (bicyclic) bond motifs is 1. The molecule has 0 saturated carbocycles. The van der Waals surface area contributed by atoms with E-state index in [-0.39, 0.29) is 15.7 Å². The fourth-order valence-corrected chi connectivity index (χ4v) is 3.61. The summed E-state index contributed by atoms with van der Waals surface area (Å²) in [4.78, 5) is 3.10. The summed E-state index contributed by atoms with van der Waals surface area (Å²) in [7, 11) is -4.96. The van der Waals surface area contributed by atoms with Crippen molar-refractivity contribution in [2.75, 3.05) is 0 Å². The molecular weight excluding hydrogens is 440 g/mol. The average molecular weight is 444 g/mol. The number of hydrogen-bond donors (Lipinski definition) is 0. The number of halogens is 7. The molecule has 0 aliphatic rings. The first-order valence-corrected chi connectivity index (χ1v) is 8.91. The molecule has 0 fully saturated rings. The average Bonchev–Trinajstić information content (AvgIpc) is 2.61. The first-order valence-electron chi connectivity index (χ1n) is 6.74. The van der Waals surface area contributed by atoms with Crippen LogP contribution in [0.1, 0.15) is 0 Å². The second kappa shape index (κ2) is 6.77. The third-order valence-corrected chi connectivity index (χ3v) is 5.08. The van der Waals surface area contributed by atoms with Gasteiger partial charge in [0.15, 0.2) is 0 Å². The molecule has 4 nitrogen and oxygen atoms in total. The molecule has 0 N–H and O–H groups in total. The molecule has 0 radical (unpaired) electrons. The molecule has 1 aromatic heterocycles. The maximum atomic E-state index is 13.7. The van der Waals surface area contributed by atoms with Crippen LogP contribution in [0.15, 0.2) is 29.2 Å². The van der Waals surface area contributed by atoms with Gasteiger partial charge in [0, 0.05) is 5.39 Å². The van der Waals surface area contributed by atoms with Crippen molar-refractivity contribution >= 4 is 44.1 Å². The lowest BCUT2D eigenvalue weighted by molar-refractivity contribution is 0.346. The Bertz CT molecular complexity index is 1180. The number of rotatable bonds is 3. The van der Waals surface area contributed by atoms with Crippen LogP contribution >= 0.6 is 23.2 Å². The molecule has 0 amide bonds. The maximum Gasteiger partial charge on any atom is 0.339 e. The van der Waals surface area contributed by atoms with Crippen molar-refractivity contribution in [3.8, 4) is 5.75 Å². The van der Waals surface area contributed by atoms with Crippen LogP contribution in [0.2, 0.25) is 10.3 Å². The highest BCUT2D eigenvalue weighted by atomic mass is 35.5. The van der Waals surface area contributed by atoms with Gasteiger partial charge in [-0.05, 0) is 29.7 Å². The van der Waals surface area contributed by atoms with E-state index in [0.717, 1.165) is 12.1 Å². The number of nitrogens with zero attached hydrogens (tertiary/aromatic N) is 1. The zero-order chi connectivity index (χ0) is 20.1. The highest BCUT2D eigenvalue weighted by Gasteiger charge is 2.31. The summed E-state index contributed by atoms with van der Waals surface area (Å²) >= 11 is 11.6. The van der Waals surface area contributed by atoms with Gasteiger partial charge >= 0.3 is 10.1 Å². The molecule has 1 heterocycles. The number of aromatic nitrogens is 1. The lowest BCUT2D eigenvalue weighted by Crippen LogP contribution is -2.14. The number of hydrogen-bond acceptors (Lipinski definition) is 4. The van der Waals surface area contributed by atoms with Crippen molar-refractivity contribution in [2.24, 2.45) is 0 Å². The highest BCUT2D eigenvalue weighted by molar-refractivity contribution is 7.87. The molecule has 142 valence electrons. The molecule has 0 saturated heterocycles. The van der Waals surface area contributed by atoms with Crippen molar-refractivity contribution in [2.45, 2.75) is 4.90 Å². The number of pyridine rings is 1. The fraction of sp³-hybridized carbons (Fsp3) is 0. The Balaban J connectivity index is 2.13. The summed E-state index contributed by atoms with van der Waals surface area (Å²) in [5.74, 6) is -13.9. The van der Waals surface area contributed by atoms with Gasteiger partial charge in [-0.2, -0.15) is 17.2 Å². The molecule has 0 unspecified atom stereocenters. The van der Waals surface area contributed by atoms with E-state index in [1.165, 1.54) is 12.1 Å². The minimum atomic E-state index is -4.96. The minimum absolute atomic E-state index is 0.0397. The molecule has 3 rings (SSSR count). The van der Waals surface area contributed by atoms with Crippen LogP contribution in [0, 0.1) is 29.1 Å². The Morgan fingerprint density at radius 2 is 1.41 bits per heavy atom. The van der Waals surface area contributed by atoms with Gasteiger partial charge in [-0.25, -0.2) is 18.2 Å². The minimum Gasteiger partial charge on any atom is -0.372 e. The van der Waals surface area contributed by atoms with Gasteiger partial charge in [-0.3, -0.25) is 0 Å². The van der Waals surface area contributed by atoms with Crippen LogP contribution in [-0.2, 0) is 10.1 Å². The van der Waals surface area contributed by atoms with Crippen molar-refractivity contribution < 1.29 is 34.6 Å². The third-order valence-electron chi connectivity index (χ3n) is 3.38. The van der Waals surface area contributed by atoms with Crippen LogP contribution in [0.4, 0.5) is 22.0 Å². The Morgan fingerprint density at radius 1 is 0.852 bits per heavy atom. The summed E-state index contributed by atoms with van der Waals surface area (Å²) < 4.78 is 95.4. The van der Waals surface area contributed by atoms with Crippen molar-refractivity contribution in [1.82, 2.24) is 4.98 Å². The van der Waals surface area contributed by atoms with Crippen LogP contribution in [0.3, 0.4) is 0 Å². The second-order valence-electron chi connectivity index (χ2n) is 5.06. The second-order valence-corrected chi connectivity index (χ2v) is 7.35. The highest BCUT2D eigenvalue weighted by Crippen LogP contribution is 2.32. The molecular formula is C15H4Cl2F5NO3S. The van der Waals surface area contributed by atoms with Crippen LogP contribution in [0.25, 0.3) is 10.8 Å². The van der Waals surface area contributed by atoms with Gasteiger partial charge < -0.3 is 4.18 Å². The van der Waals surface area contributed by atoms with E-state index in [0.29, 0.717) is 5.39 Å². The van der Waals surface area contributed by atoms with E-state index in [4.69, 9.17) is 23.2 Å². The molecule has 0 atom stereocenters. The van der Waals surface area contributed by atoms with E-state index in [9.17, 15) is 30.4 Å². The monoisotopic (exact) mass is 443 g/mol. The van der Waals surface area contributed by atoms with E-state index in [1.807, 2.05) is 0 Å². The molecule has 0 aliphatic heterocycles. The van der Waals surface area contributed by atoms with Crippen molar-refractivity contribution in [3.63, 3.8) is 0 Å². The van der Waals surface area contributed by atoms with Crippen LogP contribution in [-0.4, -0.2) is 13.4 Å². The lowest BCUT2D eigenvalue weighted by Gasteiger charge is -2.11. The first-order chi connectivity index (χ1) is 12.5. The molecule has 0 bridgehead atoms. The van der Waals surface area contributed by atoms with Crippen LogP contribution in [0.5, 0.6) is 5.75 Å².